The number of rotatable bonds is 3. The zero-order chi connectivity index (χ0) is 12.3. The van der Waals surface area contributed by atoms with Crippen LogP contribution >= 0.6 is 0 Å². The minimum Gasteiger partial charge on any atom is -0.390 e. The van der Waals surface area contributed by atoms with Crippen LogP contribution in [0, 0.1) is 5.92 Å². The zero-order valence-corrected chi connectivity index (χ0v) is 10.5. The molecule has 2 rings (SSSR count). The summed E-state index contributed by atoms with van der Waals surface area (Å²) in [6.45, 7) is 2.21. The van der Waals surface area contributed by atoms with Crippen molar-refractivity contribution in [3.05, 3.63) is 35.9 Å². The molecule has 2 nitrogen and oxygen atoms in total. The summed E-state index contributed by atoms with van der Waals surface area (Å²) in [5.41, 5.74) is 0.217. The largest absolute Gasteiger partial charge is 0.390 e. The molecule has 0 radical (unpaired) electrons. The average molecular weight is 234 g/mol. The van der Waals surface area contributed by atoms with E-state index < -0.39 is 11.7 Å². The molecule has 2 N–H and O–H groups in total. The van der Waals surface area contributed by atoms with Gasteiger partial charge in [0.15, 0.2) is 0 Å². The Hall–Kier alpha value is -0.860. The molecule has 1 saturated carbocycles. The van der Waals surface area contributed by atoms with Crippen LogP contribution in [-0.4, -0.2) is 21.9 Å². The van der Waals surface area contributed by atoms with Gasteiger partial charge in [0.05, 0.1) is 11.7 Å². The van der Waals surface area contributed by atoms with Gasteiger partial charge < -0.3 is 10.2 Å². The first-order valence-corrected chi connectivity index (χ1v) is 6.54. The minimum absolute atomic E-state index is 0.547. The Labute approximate surface area is 103 Å². The van der Waals surface area contributed by atoms with E-state index in [9.17, 15) is 10.2 Å². The van der Waals surface area contributed by atoms with Gasteiger partial charge >= 0.3 is 0 Å². The summed E-state index contributed by atoms with van der Waals surface area (Å²) < 4.78 is 0. The van der Waals surface area contributed by atoms with Crippen molar-refractivity contribution in [3.8, 4) is 0 Å². The third-order valence-electron chi connectivity index (χ3n) is 4.03. The van der Waals surface area contributed by atoms with E-state index in [1.54, 1.807) is 0 Å². The van der Waals surface area contributed by atoms with E-state index in [1.165, 1.54) is 0 Å². The van der Waals surface area contributed by atoms with Crippen molar-refractivity contribution in [1.82, 2.24) is 0 Å². The van der Waals surface area contributed by atoms with E-state index in [0.717, 1.165) is 31.2 Å². The molecule has 0 aliphatic heterocycles. The topological polar surface area (TPSA) is 40.5 Å². The first kappa shape index (κ1) is 12.6. The standard InChI is InChI=1S/C15H22O2/c1-12-7-9-15(17,10-8-12)14(16)11-13-5-3-2-4-6-13/h2-6,12,14,16-17H,7-11H2,1H3. The molecule has 1 atom stereocenters. The maximum Gasteiger partial charge on any atom is 0.0908 e. The predicted octanol–water partition coefficient (Wildman–Crippen LogP) is 2.53. The number of benzene rings is 1. The van der Waals surface area contributed by atoms with Crippen molar-refractivity contribution in [3.63, 3.8) is 0 Å². The Morgan fingerprint density at radius 2 is 1.82 bits per heavy atom. The Bertz CT molecular complexity index is 339. The average Bonchev–Trinajstić information content (AvgIpc) is 2.34. The van der Waals surface area contributed by atoms with Crippen LogP contribution in [0.2, 0.25) is 0 Å². The Morgan fingerprint density at radius 3 is 2.41 bits per heavy atom. The van der Waals surface area contributed by atoms with Gasteiger partial charge in [-0.3, -0.25) is 0 Å². The molecule has 1 aromatic carbocycles. The number of hydrogen-bond acceptors (Lipinski definition) is 2. The van der Waals surface area contributed by atoms with Crippen LogP contribution in [0.5, 0.6) is 0 Å². The van der Waals surface area contributed by atoms with Gasteiger partial charge in [-0.05, 0) is 37.2 Å². The summed E-state index contributed by atoms with van der Waals surface area (Å²) in [6, 6.07) is 9.90. The lowest BCUT2D eigenvalue weighted by atomic mass is 9.75. The number of aliphatic hydroxyl groups is 2. The lowest BCUT2D eigenvalue weighted by Crippen LogP contribution is -2.46. The van der Waals surface area contributed by atoms with Crippen molar-refractivity contribution >= 4 is 0 Å². The molecule has 1 aromatic rings. The van der Waals surface area contributed by atoms with Gasteiger partial charge in [0.1, 0.15) is 0 Å². The van der Waals surface area contributed by atoms with Gasteiger partial charge in [-0.15, -0.1) is 0 Å². The highest BCUT2D eigenvalue weighted by atomic mass is 16.3. The Morgan fingerprint density at radius 1 is 1.24 bits per heavy atom. The molecule has 2 heteroatoms. The molecule has 17 heavy (non-hydrogen) atoms. The number of hydrogen-bond donors (Lipinski definition) is 2. The molecule has 1 unspecified atom stereocenters. The van der Waals surface area contributed by atoms with Crippen LogP contribution in [0.15, 0.2) is 30.3 Å². The summed E-state index contributed by atoms with van der Waals surface area (Å²) in [4.78, 5) is 0. The molecule has 0 aromatic heterocycles. The monoisotopic (exact) mass is 234 g/mol. The van der Waals surface area contributed by atoms with Gasteiger partial charge in [0, 0.05) is 6.42 Å². The summed E-state index contributed by atoms with van der Waals surface area (Å²) in [5, 5.41) is 20.7. The molecule has 1 aliphatic carbocycles. The van der Waals surface area contributed by atoms with Crippen LogP contribution in [0.4, 0.5) is 0 Å². The fourth-order valence-electron chi connectivity index (χ4n) is 2.62. The van der Waals surface area contributed by atoms with Gasteiger partial charge in [-0.25, -0.2) is 0 Å². The molecule has 0 bridgehead atoms. The second-order valence-electron chi connectivity index (χ2n) is 5.49. The van der Waals surface area contributed by atoms with Crippen LogP contribution in [0.25, 0.3) is 0 Å². The molecule has 0 spiro atoms. The minimum atomic E-state index is -0.873. The Balaban J connectivity index is 1.97. The molecule has 0 heterocycles. The highest BCUT2D eigenvalue weighted by molar-refractivity contribution is 5.16. The molecule has 1 aliphatic rings. The molecule has 0 amide bonds. The maximum absolute atomic E-state index is 10.5. The molecule has 94 valence electrons. The second-order valence-corrected chi connectivity index (χ2v) is 5.49. The first-order chi connectivity index (χ1) is 8.10. The summed E-state index contributed by atoms with van der Waals surface area (Å²) >= 11 is 0. The lowest BCUT2D eigenvalue weighted by Gasteiger charge is -2.38. The first-order valence-electron chi connectivity index (χ1n) is 6.54. The highest BCUT2D eigenvalue weighted by Crippen LogP contribution is 2.35. The fraction of sp³-hybridized carbons (Fsp3) is 0.600. The third-order valence-corrected chi connectivity index (χ3v) is 4.03. The summed E-state index contributed by atoms with van der Waals surface area (Å²) in [7, 11) is 0. The quantitative estimate of drug-likeness (QED) is 0.843. The van der Waals surface area contributed by atoms with E-state index >= 15 is 0 Å². The van der Waals surface area contributed by atoms with E-state index in [4.69, 9.17) is 0 Å². The molecule has 0 saturated heterocycles. The SMILES string of the molecule is CC1CCC(O)(C(O)Cc2ccccc2)CC1. The van der Waals surface area contributed by atoms with E-state index in [1.807, 2.05) is 30.3 Å². The van der Waals surface area contributed by atoms with Crippen LogP contribution in [-0.2, 0) is 6.42 Å². The third kappa shape index (κ3) is 3.08. The van der Waals surface area contributed by atoms with Crippen LogP contribution < -0.4 is 0 Å². The van der Waals surface area contributed by atoms with E-state index in [-0.39, 0.29) is 0 Å². The van der Waals surface area contributed by atoms with Gasteiger partial charge in [0.25, 0.3) is 0 Å². The van der Waals surface area contributed by atoms with Crippen molar-refractivity contribution in [1.29, 1.82) is 0 Å². The van der Waals surface area contributed by atoms with E-state index in [2.05, 4.69) is 6.92 Å². The predicted molar refractivity (Wildman–Crippen MR) is 68.7 cm³/mol. The molecular weight excluding hydrogens is 212 g/mol. The maximum atomic E-state index is 10.5. The van der Waals surface area contributed by atoms with Crippen LogP contribution in [0.1, 0.15) is 38.2 Å². The normalized spacial score (nSPS) is 31.1. The second kappa shape index (κ2) is 5.19. The van der Waals surface area contributed by atoms with Crippen molar-refractivity contribution in [2.24, 2.45) is 5.92 Å². The Kier molecular flexibility index (Phi) is 3.85. The van der Waals surface area contributed by atoms with Crippen LogP contribution in [0.3, 0.4) is 0 Å². The smallest absolute Gasteiger partial charge is 0.0908 e. The van der Waals surface area contributed by atoms with Gasteiger partial charge in [0.2, 0.25) is 0 Å². The molecular formula is C15H22O2. The zero-order valence-electron chi connectivity index (χ0n) is 10.5. The summed E-state index contributed by atoms with van der Waals surface area (Å²) in [6.07, 6.45) is 3.39. The van der Waals surface area contributed by atoms with Crippen molar-refractivity contribution in [2.45, 2.75) is 50.7 Å². The van der Waals surface area contributed by atoms with E-state index in [0.29, 0.717) is 12.3 Å². The van der Waals surface area contributed by atoms with Crippen molar-refractivity contribution in [2.75, 3.05) is 0 Å². The van der Waals surface area contributed by atoms with Gasteiger partial charge in [-0.1, -0.05) is 37.3 Å². The lowest BCUT2D eigenvalue weighted by molar-refractivity contribution is -0.102. The van der Waals surface area contributed by atoms with Gasteiger partial charge in [-0.2, -0.15) is 0 Å². The number of aliphatic hydroxyl groups excluding tert-OH is 1. The summed E-state index contributed by atoms with van der Waals surface area (Å²) in [5.74, 6) is 0.680. The molecule has 1 fully saturated rings. The van der Waals surface area contributed by atoms with Crippen molar-refractivity contribution < 1.29 is 10.2 Å². The fourth-order valence-corrected chi connectivity index (χ4v) is 2.62. The highest BCUT2D eigenvalue weighted by Gasteiger charge is 2.38.